The fourth-order valence-electron chi connectivity index (χ4n) is 0.582. The summed E-state index contributed by atoms with van der Waals surface area (Å²) < 4.78 is 28.6. The summed E-state index contributed by atoms with van der Waals surface area (Å²) in [5, 5.41) is 8.00. The van der Waals surface area contributed by atoms with E-state index >= 15 is 0 Å². The molecule has 0 aliphatic heterocycles. The molecular formula is C7H5F2NO3. The first kappa shape index (κ1) is 9.37. The molecule has 1 aromatic heterocycles. The lowest BCUT2D eigenvalue weighted by Gasteiger charge is -2.11. The van der Waals surface area contributed by atoms with E-state index in [1.165, 1.54) is 18.3 Å². The lowest BCUT2D eigenvalue weighted by Crippen LogP contribution is -2.35. The molecule has 1 aromatic rings. The average Bonchev–Trinajstić information content (AvgIpc) is 2.05. The standard InChI is InChI=1S/C7H5F2NO3/c8-7(9,6(11)12)13-5-3-1-2-4-10-5/h1-4H,(H,11,12). The number of halogens is 2. The maximum absolute atomic E-state index is 12.4. The van der Waals surface area contributed by atoms with Crippen LogP contribution in [0.25, 0.3) is 0 Å². The fraction of sp³-hybridized carbons (Fsp3) is 0.143. The van der Waals surface area contributed by atoms with Crippen LogP contribution in [0.2, 0.25) is 0 Å². The summed E-state index contributed by atoms with van der Waals surface area (Å²) in [6, 6.07) is 4.03. The van der Waals surface area contributed by atoms with Gasteiger partial charge in [0.2, 0.25) is 5.88 Å². The van der Waals surface area contributed by atoms with Gasteiger partial charge in [-0.05, 0) is 6.07 Å². The van der Waals surface area contributed by atoms with E-state index in [9.17, 15) is 13.6 Å². The molecule has 1 rings (SSSR count). The number of rotatable bonds is 3. The molecule has 0 saturated heterocycles. The first-order valence-corrected chi connectivity index (χ1v) is 3.23. The third kappa shape index (κ3) is 2.36. The number of nitrogens with zero attached hydrogens (tertiary/aromatic N) is 1. The van der Waals surface area contributed by atoms with Gasteiger partial charge >= 0.3 is 12.1 Å². The van der Waals surface area contributed by atoms with Crippen LogP contribution >= 0.6 is 0 Å². The molecule has 6 heteroatoms. The Morgan fingerprint density at radius 2 is 2.23 bits per heavy atom. The highest BCUT2D eigenvalue weighted by Gasteiger charge is 2.42. The molecule has 0 spiro atoms. The number of aliphatic carboxylic acids is 1. The number of hydrogen-bond donors (Lipinski definition) is 1. The Morgan fingerprint density at radius 3 is 2.69 bits per heavy atom. The van der Waals surface area contributed by atoms with Crippen LogP contribution in [0.1, 0.15) is 0 Å². The van der Waals surface area contributed by atoms with Gasteiger partial charge < -0.3 is 9.84 Å². The normalized spacial score (nSPS) is 10.9. The minimum Gasteiger partial charge on any atom is -0.474 e. The lowest BCUT2D eigenvalue weighted by molar-refractivity contribution is -0.211. The zero-order chi connectivity index (χ0) is 9.90. The van der Waals surface area contributed by atoms with E-state index in [1.807, 2.05) is 0 Å². The predicted molar refractivity (Wildman–Crippen MR) is 37.4 cm³/mol. The summed E-state index contributed by atoms with van der Waals surface area (Å²) in [5.74, 6) is -2.78. The Morgan fingerprint density at radius 1 is 1.54 bits per heavy atom. The number of carbonyl (C=O) groups is 1. The van der Waals surface area contributed by atoms with Crippen molar-refractivity contribution >= 4 is 5.97 Å². The zero-order valence-corrected chi connectivity index (χ0v) is 6.28. The minimum atomic E-state index is -4.24. The minimum absolute atomic E-state index is 0.435. The summed E-state index contributed by atoms with van der Waals surface area (Å²) in [6.45, 7) is 0. The van der Waals surface area contributed by atoms with Gasteiger partial charge in [0.1, 0.15) is 0 Å². The van der Waals surface area contributed by atoms with Crippen molar-refractivity contribution in [3.8, 4) is 5.88 Å². The van der Waals surface area contributed by atoms with Crippen molar-refractivity contribution in [1.82, 2.24) is 4.98 Å². The Balaban J connectivity index is 2.75. The Labute approximate surface area is 71.8 Å². The van der Waals surface area contributed by atoms with Gasteiger partial charge in [0, 0.05) is 12.3 Å². The van der Waals surface area contributed by atoms with Crippen LogP contribution in [0.4, 0.5) is 8.78 Å². The SMILES string of the molecule is O=C(O)C(F)(F)Oc1ccccn1. The molecule has 0 aromatic carbocycles. The van der Waals surface area contributed by atoms with E-state index in [0.29, 0.717) is 0 Å². The number of alkyl halides is 2. The van der Waals surface area contributed by atoms with Crippen LogP contribution in [0.5, 0.6) is 5.88 Å². The van der Waals surface area contributed by atoms with Gasteiger partial charge in [0.25, 0.3) is 0 Å². The monoisotopic (exact) mass is 189 g/mol. The third-order valence-corrected chi connectivity index (χ3v) is 1.12. The summed E-state index contributed by atoms with van der Waals surface area (Å²) in [4.78, 5) is 13.3. The average molecular weight is 189 g/mol. The van der Waals surface area contributed by atoms with E-state index in [2.05, 4.69) is 9.72 Å². The molecule has 1 heterocycles. The lowest BCUT2D eigenvalue weighted by atomic mass is 10.5. The van der Waals surface area contributed by atoms with Crippen molar-refractivity contribution in [2.45, 2.75) is 6.11 Å². The van der Waals surface area contributed by atoms with Crippen LogP contribution < -0.4 is 4.74 Å². The van der Waals surface area contributed by atoms with Gasteiger partial charge in [-0.1, -0.05) is 6.07 Å². The maximum atomic E-state index is 12.4. The van der Waals surface area contributed by atoms with Crippen molar-refractivity contribution in [1.29, 1.82) is 0 Å². The molecule has 0 amide bonds. The van der Waals surface area contributed by atoms with Crippen LogP contribution in [0.15, 0.2) is 24.4 Å². The van der Waals surface area contributed by atoms with Gasteiger partial charge in [-0.15, -0.1) is 0 Å². The van der Waals surface area contributed by atoms with Crippen LogP contribution in [0, 0.1) is 0 Å². The highest BCUT2D eigenvalue weighted by Crippen LogP contribution is 2.18. The second-order valence-corrected chi connectivity index (χ2v) is 2.09. The van der Waals surface area contributed by atoms with Crippen molar-refractivity contribution in [2.24, 2.45) is 0 Å². The van der Waals surface area contributed by atoms with E-state index in [4.69, 9.17) is 5.11 Å². The molecule has 0 aliphatic carbocycles. The van der Waals surface area contributed by atoms with Gasteiger partial charge in [0.05, 0.1) is 0 Å². The molecule has 4 nitrogen and oxygen atoms in total. The first-order chi connectivity index (χ1) is 6.02. The number of pyridine rings is 1. The smallest absolute Gasteiger partial charge is 0.474 e. The molecule has 0 unspecified atom stereocenters. The molecule has 0 radical (unpaired) electrons. The van der Waals surface area contributed by atoms with Crippen molar-refractivity contribution in [2.75, 3.05) is 0 Å². The van der Waals surface area contributed by atoms with Crippen molar-refractivity contribution in [3.05, 3.63) is 24.4 Å². The molecule has 0 bridgehead atoms. The number of carboxylic acid groups (broad SMARTS) is 1. The molecule has 0 saturated carbocycles. The Bertz CT molecular complexity index is 302. The molecule has 0 atom stereocenters. The largest absolute Gasteiger partial charge is 0.503 e. The van der Waals surface area contributed by atoms with Gasteiger partial charge in [-0.2, -0.15) is 8.78 Å². The second-order valence-electron chi connectivity index (χ2n) is 2.09. The summed E-state index contributed by atoms with van der Waals surface area (Å²) >= 11 is 0. The van der Waals surface area contributed by atoms with Gasteiger partial charge in [0.15, 0.2) is 0 Å². The quantitative estimate of drug-likeness (QED) is 0.774. The summed E-state index contributed by atoms with van der Waals surface area (Å²) in [6.07, 6.45) is -3.03. The van der Waals surface area contributed by atoms with Crippen LogP contribution in [-0.2, 0) is 4.79 Å². The van der Waals surface area contributed by atoms with Crippen LogP contribution in [0.3, 0.4) is 0 Å². The van der Waals surface area contributed by atoms with E-state index < -0.39 is 18.0 Å². The number of carboxylic acids is 1. The third-order valence-electron chi connectivity index (χ3n) is 1.12. The van der Waals surface area contributed by atoms with E-state index in [0.717, 1.165) is 6.07 Å². The predicted octanol–water partition coefficient (Wildman–Crippen LogP) is 1.14. The topological polar surface area (TPSA) is 59.4 Å². The fourth-order valence-corrected chi connectivity index (χ4v) is 0.582. The number of ether oxygens (including phenoxy) is 1. The molecule has 0 fully saturated rings. The molecule has 1 N–H and O–H groups in total. The number of aromatic nitrogens is 1. The highest BCUT2D eigenvalue weighted by atomic mass is 19.3. The molecule has 70 valence electrons. The summed E-state index contributed by atoms with van der Waals surface area (Å²) in [7, 11) is 0. The molecular weight excluding hydrogens is 184 g/mol. The highest BCUT2D eigenvalue weighted by molar-refractivity contribution is 5.73. The first-order valence-electron chi connectivity index (χ1n) is 3.23. The van der Waals surface area contributed by atoms with E-state index in [-0.39, 0.29) is 0 Å². The number of hydrogen-bond acceptors (Lipinski definition) is 3. The van der Waals surface area contributed by atoms with Crippen molar-refractivity contribution in [3.63, 3.8) is 0 Å². The van der Waals surface area contributed by atoms with Gasteiger partial charge in [-0.25, -0.2) is 9.78 Å². The van der Waals surface area contributed by atoms with Crippen LogP contribution in [-0.4, -0.2) is 22.2 Å². The zero-order valence-electron chi connectivity index (χ0n) is 6.28. The summed E-state index contributed by atoms with van der Waals surface area (Å²) in [5.41, 5.74) is 0. The van der Waals surface area contributed by atoms with Gasteiger partial charge in [-0.3, -0.25) is 0 Å². The second kappa shape index (κ2) is 3.34. The maximum Gasteiger partial charge on any atom is 0.503 e. The molecule has 13 heavy (non-hydrogen) atoms. The molecule has 0 aliphatic rings. The Kier molecular flexibility index (Phi) is 2.41. The Hall–Kier alpha value is -1.72. The van der Waals surface area contributed by atoms with E-state index in [1.54, 1.807) is 0 Å². The van der Waals surface area contributed by atoms with Crippen molar-refractivity contribution < 1.29 is 23.4 Å².